The van der Waals surface area contributed by atoms with Gasteiger partial charge in [-0.15, -0.1) is 5.10 Å². The number of nitrogens with zero attached hydrogens (tertiary/aromatic N) is 4. The second-order valence-corrected chi connectivity index (χ2v) is 6.60. The Bertz CT molecular complexity index is 1050. The van der Waals surface area contributed by atoms with E-state index in [9.17, 15) is 4.79 Å². The first-order valence-electron chi connectivity index (χ1n) is 9.15. The summed E-state index contributed by atoms with van der Waals surface area (Å²) in [6.45, 7) is 0. The van der Waals surface area contributed by atoms with Crippen LogP contribution in [0.15, 0.2) is 36.4 Å². The van der Waals surface area contributed by atoms with Crippen molar-refractivity contribution in [2.24, 2.45) is 0 Å². The molecule has 2 aromatic carbocycles. The summed E-state index contributed by atoms with van der Waals surface area (Å²) in [5.41, 5.74) is 1.78. The molecule has 1 amide bonds. The minimum Gasteiger partial charge on any atom is -0.493 e. The number of rotatable bonds is 7. The number of hydrogen-bond donors (Lipinski definition) is 1. The zero-order chi connectivity index (χ0) is 20.4. The van der Waals surface area contributed by atoms with Crippen LogP contribution < -0.4 is 19.5 Å². The lowest BCUT2D eigenvalue weighted by Gasteiger charge is -2.15. The van der Waals surface area contributed by atoms with E-state index in [0.29, 0.717) is 40.4 Å². The fourth-order valence-electron chi connectivity index (χ4n) is 3.16. The third-order valence-electron chi connectivity index (χ3n) is 4.71. The zero-order valence-corrected chi connectivity index (χ0v) is 16.4. The van der Waals surface area contributed by atoms with Gasteiger partial charge in [-0.1, -0.05) is 12.1 Å². The maximum Gasteiger partial charge on any atom is 0.259 e. The molecule has 1 N–H and O–H groups in total. The van der Waals surface area contributed by atoms with E-state index in [1.54, 1.807) is 18.2 Å². The average Bonchev–Trinajstić information content (AvgIpc) is 3.48. The second kappa shape index (κ2) is 7.78. The van der Waals surface area contributed by atoms with Crippen molar-refractivity contribution in [2.75, 3.05) is 26.6 Å². The normalized spacial score (nSPS) is 13.1. The molecule has 0 unspecified atom stereocenters. The van der Waals surface area contributed by atoms with Crippen molar-refractivity contribution in [1.29, 1.82) is 0 Å². The number of hydrogen-bond acceptors (Lipinski definition) is 7. The molecular weight excluding hydrogens is 374 g/mol. The molecule has 1 aliphatic rings. The van der Waals surface area contributed by atoms with Crippen molar-refractivity contribution in [3.63, 3.8) is 0 Å². The summed E-state index contributed by atoms with van der Waals surface area (Å²) in [6, 6.07) is 11.1. The maximum atomic E-state index is 12.9. The predicted molar refractivity (Wildman–Crippen MR) is 106 cm³/mol. The molecule has 1 aliphatic carbocycles. The van der Waals surface area contributed by atoms with Crippen molar-refractivity contribution in [2.45, 2.75) is 18.9 Å². The van der Waals surface area contributed by atoms with E-state index in [2.05, 4.69) is 20.8 Å². The first-order valence-corrected chi connectivity index (χ1v) is 9.15. The van der Waals surface area contributed by atoms with Crippen LogP contribution in [0.3, 0.4) is 0 Å². The first kappa shape index (κ1) is 18.7. The summed E-state index contributed by atoms with van der Waals surface area (Å²) in [7, 11) is 4.50. The van der Waals surface area contributed by atoms with E-state index >= 15 is 0 Å². The van der Waals surface area contributed by atoms with E-state index in [0.717, 1.165) is 18.4 Å². The van der Waals surface area contributed by atoms with Crippen molar-refractivity contribution in [1.82, 2.24) is 20.2 Å². The van der Waals surface area contributed by atoms with E-state index in [1.807, 2.05) is 22.9 Å². The quantitative estimate of drug-likeness (QED) is 0.656. The number of nitrogens with one attached hydrogen (secondary N) is 1. The van der Waals surface area contributed by atoms with Crippen LogP contribution in [-0.4, -0.2) is 47.4 Å². The SMILES string of the molecule is COc1ccc(C(=O)Nc2cccc(-c3nnnn3C3CC3)c2)c(OC)c1OC. The highest BCUT2D eigenvalue weighted by atomic mass is 16.5. The average molecular weight is 395 g/mol. The fraction of sp³-hybridized carbons (Fsp3) is 0.300. The van der Waals surface area contributed by atoms with Crippen LogP contribution in [0.25, 0.3) is 11.4 Å². The molecule has 0 saturated heterocycles. The zero-order valence-electron chi connectivity index (χ0n) is 16.4. The minimum absolute atomic E-state index is 0.304. The number of anilines is 1. The molecule has 9 heteroatoms. The number of aromatic nitrogens is 4. The van der Waals surface area contributed by atoms with Crippen LogP contribution in [0.5, 0.6) is 17.2 Å². The molecule has 0 bridgehead atoms. The lowest BCUT2D eigenvalue weighted by molar-refractivity contribution is 0.102. The van der Waals surface area contributed by atoms with Gasteiger partial charge in [0.25, 0.3) is 5.91 Å². The second-order valence-electron chi connectivity index (χ2n) is 6.60. The Hall–Kier alpha value is -3.62. The Morgan fingerprint density at radius 3 is 2.55 bits per heavy atom. The molecule has 1 aromatic heterocycles. The molecule has 150 valence electrons. The maximum absolute atomic E-state index is 12.9. The molecule has 1 fully saturated rings. The third-order valence-corrected chi connectivity index (χ3v) is 4.71. The Balaban J connectivity index is 1.62. The van der Waals surface area contributed by atoms with Gasteiger partial charge in [0.05, 0.1) is 32.9 Å². The van der Waals surface area contributed by atoms with Gasteiger partial charge in [-0.2, -0.15) is 0 Å². The summed E-state index contributed by atoms with van der Waals surface area (Å²) in [5.74, 6) is 1.50. The van der Waals surface area contributed by atoms with Crippen molar-refractivity contribution < 1.29 is 19.0 Å². The number of carbonyl (C=O) groups excluding carboxylic acids is 1. The molecule has 0 spiro atoms. The number of amides is 1. The topological polar surface area (TPSA) is 100 Å². The van der Waals surface area contributed by atoms with Gasteiger partial charge in [-0.25, -0.2) is 4.68 Å². The standard InChI is InChI=1S/C20H21N5O4/c1-27-16-10-9-15(17(28-2)18(16)29-3)20(26)21-13-6-4-5-12(11-13)19-22-23-24-25(19)14-7-8-14/h4-6,9-11,14H,7-8H2,1-3H3,(H,21,26). The van der Waals surface area contributed by atoms with Gasteiger partial charge in [0.15, 0.2) is 17.3 Å². The lowest BCUT2D eigenvalue weighted by Crippen LogP contribution is -2.14. The molecule has 4 rings (SSSR count). The molecule has 0 atom stereocenters. The van der Waals surface area contributed by atoms with E-state index in [4.69, 9.17) is 14.2 Å². The number of tetrazole rings is 1. The first-order chi connectivity index (χ1) is 14.2. The summed E-state index contributed by atoms with van der Waals surface area (Å²) in [4.78, 5) is 12.9. The summed E-state index contributed by atoms with van der Waals surface area (Å²) in [5, 5.41) is 14.9. The molecular formula is C20H21N5O4. The van der Waals surface area contributed by atoms with Crippen molar-refractivity contribution in [3.8, 4) is 28.6 Å². The molecule has 1 heterocycles. The highest BCUT2D eigenvalue weighted by molar-refractivity contribution is 6.07. The summed E-state index contributed by atoms with van der Waals surface area (Å²) in [6.07, 6.45) is 2.15. The number of methoxy groups -OCH3 is 3. The number of carbonyl (C=O) groups is 1. The summed E-state index contributed by atoms with van der Waals surface area (Å²) < 4.78 is 17.9. The fourth-order valence-corrected chi connectivity index (χ4v) is 3.16. The van der Waals surface area contributed by atoms with Crippen LogP contribution in [-0.2, 0) is 0 Å². The van der Waals surface area contributed by atoms with Gasteiger partial charge < -0.3 is 19.5 Å². The van der Waals surface area contributed by atoms with E-state index in [-0.39, 0.29) is 5.91 Å². The van der Waals surface area contributed by atoms with Crippen LogP contribution in [0, 0.1) is 0 Å². The summed E-state index contributed by atoms with van der Waals surface area (Å²) >= 11 is 0. The Labute approximate surface area is 167 Å². The predicted octanol–water partition coefficient (Wildman–Crippen LogP) is 2.95. The Morgan fingerprint density at radius 2 is 1.86 bits per heavy atom. The van der Waals surface area contributed by atoms with Gasteiger partial charge in [-0.05, 0) is 47.5 Å². The molecule has 0 radical (unpaired) electrons. The highest BCUT2D eigenvalue weighted by Gasteiger charge is 2.28. The Morgan fingerprint density at radius 1 is 1.07 bits per heavy atom. The molecule has 0 aliphatic heterocycles. The van der Waals surface area contributed by atoms with Gasteiger partial charge in [-0.3, -0.25) is 4.79 Å². The molecule has 1 saturated carbocycles. The molecule has 9 nitrogen and oxygen atoms in total. The van der Waals surface area contributed by atoms with Crippen LogP contribution in [0.1, 0.15) is 29.2 Å². The van der Waals surface area contributed by atoms with E-state index < -0.39 is 0 Å². The minimum atomic E-state index is -0.332. The lowest BCUT2D eigenvalue weighted by atomic mass is 10.1. The van der Waals surface area contributed by atoms with Crippen LogP contribution in [0.2, 0.25) is 0 Å². The molecule has 3 aromatic rings. The monoisotopic (exact) mass is 395 g/mol. The number of benzene rings is 2. The van der Waals surface area contributed by atoms with Crippen LogP contribution in [0.4, 0.5) is 5.69 Å². The largest absolute Gasteiger partial charge is 0.493 e. The van der Waals surface area contributed by atoms with Gasteiger partial charge in [0.2, 0.25) is 5.75 Å². The third kappa shape index (κ3) is 3.58. The molecule has 29 heavy (non-hydrogen) atoms. The van der Waals surface area contributed by atoms with Gasteiger partial charge in [0.1, 0.15) is 0 Å². The Kier molecular flexibility index (Phi) is 5.03. The van der Waals surface area contributed by atoms with Crippen molar-refractivity contribution in [3.05, 3.63) is 42.0 Å². The van der Waals surface area contributed by atoms with Gasteiger partial charge >= 0.3 is 0 Å². The highest BCUT2D eigenvalue weighted by Crippen LogP contribution is 2.40. The van der Waals surface area contributed by atoms with Gasteiger partial charge in [0, 0.05) is 11.3 Å². The van der Waals surface area contributed by atoms with E-state index in [1.165, 1.54) is 21.3 Å². The smallest absolute Gasteiger partial charge is 0.259 e. The van der Waals surface area contributed by atoms with Crippen molar-refractivity contribution >= 4 is 11.6 Å². The van der Waals surface area contributed by atoms with Crippen LogP contribution >= 0.6 is 0 Å². The number of ether oxygens (including phenoxy) is 3.